The van der Waals surface area contributed by atoms with Crippen LogP contribution < -0.4 is 29.2 Å². The number of aromatic nitrogens is 2. The third-order valence-electron chi connectivity index (χ3n) is 5.53. The van der Waals surface area contributed by atoms with Crippen LogP contribution in [0.1, 0.15) is 21.7 Å². The molecule has 0 atom stereocenters. The number of esters is 1. The van der Waals surface area contributed by atoms with E-state index in [-0.39, 0.29) is 16.9 Å². The Labute approximate surface area is 212 Å². The monoisotopic (exact) mass is 503 g/mol. The van der Waals surface area contributed by atoms with Crippen LogP contribution in [0.4, 0.5) is 0 Å². The second-order valence-electron chi connectivity index (χ2n) is 7.75. The van der Waals surface area contributed by atoms with Crippen LogP contribution in [0.3, 0.4) is 0 Å². The van der Waals surface area contributed by atoms with Crippen molar-refractivity contribution < 1.29 is 28.5 Å². The minimum absolute atomic E-state index is 0.194. The molecular formula is C27H25N3O7. The molecule has 0 amide bonds. The first-order chi connectivity index (χ1) is 17.9. The maximum atomic E-state index is 12.9. The minimum atomic E-state index is -0.650. The Morgan fingerprint density at radius 3 is 2.19 bits per heavy atom. The van der Waals surface area contributed by atoms with Crippen LogP contribution in [0.25, 0.3) is 10.9 Å². The summed E-state index contributed by atoms with van der Waals surface area (Å²) in [5.74, 6) is 1.29. The quantitative estimate of drug-likeness (QED) is 0.203. The molecule has 1 aromatic heterocycles. The van der Waals surface area contributed by atoms with E-state index in [2.05, 4.69) is 10.1 Å². The summed E-state index contributed by atoms with van der Waals surface area (Å²) in [7, 11) is 5.84. The van der Waals surface area contributed by atoms with E-state index in [9.17, 15) is 9.59 Å². The van der Waals surface area contributed by atoms with Gasteiger partial charge in [-0.1, -0.05) is 12.1 Å². The summed E-state index contributed by atoms with van der Waals surface area (Å²) in [4.78, 5) is 30.2. The van der Waals surface area contributed by atoms with Crippen LogP contribution in [0.15, 0.2) is 64.5 Å². The van der Waals surface area contributed by atoms with Gasteiger partial charge in [-0.05, 0) is 55.0 Å². The molecule has 0 aliphatic heterocycles. The zero-order valence-electron chi connectivity index (χ0n) is 21.0. The van der Waals surface area contributed by atoms with Gasteiger partial charge in [-0.2, -0.15) is 9.78 Å². The molecule has 190 valence electrons. The first-order valence-corrected chi connectivity index (χ1v) is 11.1. The van der Waals surface area contributed by atoms with Crippen LogP contribution in [-0.4, -0.2) is 50.3 Å². The van der Waals surface area contributed by atoms with Crippen molar-refractivity contribution in [1.82, 2.24) is 9.66 Å². The Bertz CT molecular complexity index is 1530. The highest BCUT2D eigenvalue weighted by Crippen LogP contribution is 2.38. The average Bonchev–Trinajstić information content (AvgIpc) is 2.92. The number of carbonyl (C=O) groups excluding carboxylic acids is 1. The zero-order chi connectivity index (χ0) is 26.5. The van der Waals surface area contributed by atoms with Gasteiger partial charge in [0.1, 0.15) is 5.82 Å². The molecule has 0 saturated carbocycles. The molecule has 1 heterocycles. The summed E-state index contributed by atoms with van der Waals surface area (Å²) in [6.45, 7) is 1.71. The number of ether oxygens (including phenoxy) is 5. The van der Waals surface area contributed by atoms with E-state index in [1.165, 1.54) is 51.5 Å². The van der Waals surface area contributed by atoms with Crippen molar-refractivity contribution in [3.63, 3.8) is 0 Å². The number of aryl methyl sites for hydroxylation is 1. The number of benzene rings is 3. The molecule has 37 heavy (non-hydrogen) atoms. The highest BCUT2D eigenvalue weighted by atomic mass is 16.6. The molecule has 0 radical (unpaired) electrons. The molecule has 0 aliphatic carbocycles. The molecule has 0 unspecified atom stereocenters. The predicted molar refractivity (Wildman–Crippen MR) is 138 cm³/mol. The van der Waals surface area contributed by atoms with Crippen molar-refractivity contribution in [1.29, 1.82) is 0 Å². The summed E-state index contributed by atoms with van der Waals surface area (Å²) >= 11 is 0. The van der Waals surface area contributed by atoms with Crippen molar-refractivity contribution in [3.05, 3.63) is 81.9 Å². The van der Waals surface area contributed by atoms with Crippen LogP contribution in [0.2, 0.25) is 0 Å². The maximum Gasteiger partial charge on any atom is 0.343 e. The third kappa shape index (κ3) is 5.08. The number of hydrogen-bond acceptors (Lipinski definition) is 9. The largest absolute Gasteiger partial charge is 0.493 e. The summed E-state index contributed by atoms with van der Waals surface area (Å²) in [5, 5.41) is 4.78. The van der Waals surface area contributed by atoms with E-state index in [0.717, 1.165) is 0 Å². The second kappa shape index (κ2) is 10.8. The average molecular weight is 504 g/mol. The lowest BCUT2D eigenvalue weighted by Gasteiger charge is -2.14. The molecular weight excluding hydrogens is 478 g/mol. The Balaban J connectivity index is 1.61. The van der Waals surface area contributed by atoms with E-state index in [4.69, 9.17) is 23.7 Å². The predicted octanol–water partition coefficient (Wildman–Crippen LogP) is 3.84. The molecule has 0 fully saturated rings. The Morgan fingerprint density at radius 1 is 0.865 bits per heavy atom. The van der Waals surface area contributed by atoms with E-state index in [1.54, 1.807) is 43.3 Å². The second-order valence-corrected chi connectivity index (χ2v) is 7.75. The normalized spacial score (nSPS) is 10.9. The molecule has 3 aromatic carbocycles. The van der Waals surface area contributed by atoms with Gasteiger partial charge in [-0.15, -0.1) is 0 Å². The molecule has 0 N–H and O–H groups in total. The number of methoxy groups -OCH3 is 4. The SMILES string of the molecule is COc1cc(C=Nn2c(C)nc3ccccc3c2=O)ccc1OC(=O)c1cc(OC)c(OC)c(OC)c1. The zero-order valence-corrected chi connectivity index (χ0v) is 21.0. The molecule has 0 spiro atoms. The molecule has 10 nitrogen and oxygen atoms in total. The van der Waals surface area contributed by atoms with Crippen molar-refractivity contribution >= 4 is 23.1 Å². The van der Waals surface area contributed by atoms with Gasteiger partial charge in [0.15, 0.2) is 23.0 Å². The van der Waals surface area contributed by atoms with E-state index in [0.29, 0.717) is 45.3 Å². The lowest BCUT2D eigenvalue weighted by atomic mass is 10.1. The number of carbonyl (C=O) groups is 1. The minimum Gasteiger partial charge on any atom is -0.493 e. The van der Waals surface area contributed by atoms with Crippen molar-refractivity contribution in [2.75, 3.05) is 28.4 Å². The molecule has 0 bridgehead atoms. The van der Waals surface area contributed by atoms with Crippen LogP contribution in [0.5, 0.6) is 28.7 Å². The standard InChI is InChI=1S/C27H25N3O7/c1-16-29-20-9-7-6-8-19(20)26(31)30(16)28-15-17-10-11-21(22(12-17)33-2)37-27(32)18-13-23(34-3)25(36-5)24(14-18)35-4/h6-15H,1-5H3. The molecule has 10 heteroatoms. The summed E-state index contributed by atoms with van der Waals surface area (Å²) in [6, 6.07) is 15.0. The summed E-state index contributed by atoms with van der Waals surface area (Å²) in [5.41, 5.74) is 1.14. The fourth-order valence-corrected chi connectivity index (χ4v) is 3.70. The first kappa shape index (κ1) is 25.2. The van der Waals surface area contributed by atoms with Crippen molar-refractivity contribution in [2.45, 2.75) is 6.92 Å². The summed E-state index contributed by atoms with van der Waals surface area (Å²) < 4.78 is 28.1. The third-order valence-corrected chi connectivity index (χ3v) is 5.53. The number of nitrogens with zero attached hydrogens (tertiary/aromatic N) is 3. The van der Waals surface area contributed by atoms with E-state index in [1.807, 2.05) is 6.07 Å². The van der Waals surface area contributed by atoms with Crippen LogP contribution in [-0.2, 0) is 0 Å². The maximum absolute atomic E-state index is 12.9. The highest BCUT2D eigenvalue weighted by molar-refractivity contribution is 5.93. The van der Waals surface area contributed by atoms with Crippen molar-refractivity contribution in [2.24, 2.45) is 5.10 Å². The van der Waals surface area contributed by atoms with Gasteiger partial charge in [-0.3, -0.25) is 4.79 Å². The topological polar surface area (TPSA) is 110 Å². The molecule has 4 rings (SSSR count). The number of para-hydroxylation sites is 1. The number of hydrogen-bond donors (Lipinski definition) is 0. The van der Waals surface area contributed by atoms with Gasteiger partial charge in [0.05, 0.1) is 51.1 Å². The van der Waals surface area contributed by atoms with Crippen LogP contribution >= 0.6 is 0 Å². The van der Waals surface area contributed by atoms with E-state index >= 15 is 0 Å². The number of fused-ring (bicyclic) bond motifs is 1. The fourth-order valence-electron chi connectivity index (χ4n) is 3.70. The fraction of sp³-hybridized carbons (Fsp3) is 0.185. The van der Waals surface area contributed by atoms with Crippen LogP contribution in [0, 0.1) is 6.92 Å². The molecule has 0 aliphatic rings. The van der Waals surface area contributed by atoms with Gasteiger partial charge < -0.3 is 23.7 Å². The number of rotatable bonds is 8. The first-order valence-electron chi connectivity index (χ1n) is 11.1. The van der Waals surface area contributed by atoms with E-state index < -0.39 is 5.97 Å². The van der Waals surface area contributed by atoms with Gasteiger partial charge in [0.2, 0.25) is 5.75 Å². The van der Waals surface area contributed by atoms with Gasteiger partial charge in [0.25, 0.3) is 5.56 Å². The summed E-state index contributed by atoms with van der Waals surface area (Å²) in [6.07, 6.45) is 1.50. The Kier molecular flexibility index (Phi) is 7.38. The lowest BCUT2D eigenvalue weighted by Crippen LogP contribution is -2.20. The Hall–Kier alpha value is -4.86. The van der Waals surface area contributed by atoms with Gasteiger partial charge in [0, 0.05) is 0 Å². The smallest absolute Gasteiger partial charge is 0.343 e. The van der Waals surface area contributed by atoms with Gasteiger partial charge >= 0.3 is 5.97 Å². The van der Waals surface area contributed by atoms with Gasteiger partial charge in [-0.25, -0.2) is 9.78 Å². The lowest BCUT2D eigenvalue weighted by molar-refractivity contribution is 0.0728. The molecule has 0 saturated heterocycles. The highest BCUT2D eigenvalue weighted by Gasteiger charge is 2.19. The molecule has 4 aromatic rings. The Morgan fingerprint density at radius 2 is 1.54 bits per heavy atom. The van der Waals surface area contributed by atoms with Crippen molar-refractivity contribution in [3.8, 4) is 28.7 Å².